The van der Waals surface area contributed by atoms with Crippen LogP contribution in [0.2, 0.25) is 0 Å². The second-order valence-electron chi connectivity index (χ2n) is 2.91. The molecular weight excluding hydrogens is 142 g/mol. The highest BCUT2D eigenvalue weighted by Crippen LogP contribution is 2.26. The van der Waals surface area contributed by atoms with E-state index in [1.54, 1.807) is 6.20 Å². The third-order valence-corrected chi connectivity index (χ3v) is 2.22. The summed E-state index contributed by atoms with van der Waals surface area (Å²) in [6, 6.07) is -0.0880. The molecule has 0 amide bonds. The van der Waals surface area contributed by atoms with Gasteiger partial charge in [0.2, 0.25) is 0 Å². The molecule has 0 radical (unpaired) electrons. The van der Waals surface area contributed by atoms with E-state index in [1.807, 2.05) is 10.8 Å². The number of nitrogens with two attached hydrogens (primary N) is 1. The summed E-state index contributed by atoms with van der Waals surface area (Å²) in [4.78, 5) is 4.10. The number of fused-ring (bicyclic) bond motifs is 1. The molecule has 0 aromatic carbocycles. The highest BCUT2D eigenvalue weighted by atomic mass is 16.3. The molecule has 1 aliphatic rings. The molecule has 0 fully saturated rings. The lowest BCUT2D eigenvalue weighted by atomic mass is 10.1. The first kappa shape index (κ1) is 6.82. The zero-order valence-electron chi connectivity index (χ0n) is 6.14. The number of aromatic nitrogens is 2. The van der Waals surface area contributed by atoms with Crippen LogP contribution in [-0.4, -0.2) is 21.3 Å². The zero-order chi connectivity index (χ0) is 7.84. The van der Waals surface area contributed by atoms with E-state index < -0.39 is 0 Å². The summed E-state index contributed by atoms with van der Waals surface area (Å²) in [5, 5.41) is 8.91. The van der Waals surface area contributed by atoms with Gasteiger partial charge in [0.05, 0.1) is 6.04 Å². The van der Waals surface area contributed by atoms with Crippen molar-refractivity contribution >= 4 is 0 Å². The molecule has 3 N–H and O–H groups in total. The largest absolute Gasteiger partial charge is 0.396 e. The summed E-state index contributed by atoms with van der Waals surface area (Å²) in [5.41, 5.74) is 5.80. The van der Waals surface area contributed by atoms with E-state index in [0.29, 0.717) is 0 Å². The maximum Gasteiger partial charge on any atom is 0.126 e. The van der Waals surface area contributed by atoms with Gasteiger partial charge in [0.1, 0.15) is 5.82 Å². The van der Waals surface area contributed by atoms with Crippen LogP contribution in [0, 0.1) is 5.92 Å². The summed E-state index contributed by atoms with van der Waals surface area (Å²) in [5.74, 6) is 1.04. The lowest BCUT2D eigenvalue weighted by Crippen LogP contribution is -2.20. The monoisotopic (exact) mass is 153 g/mol. The number of hydrogen-bond acceptors (Lipinski definition) is 3. The molecule has 1 aromatic rings. The van der Waals surface area contributed by atoms with Gasteiger partial charge in [-0.25, -0.2) is 4.98 Å². The topological polar surface area (TPSA) is 64.1 Å². The molecule has 0 aliphatic carbocycles. The first-order valence-corrected chi connectivity index (χ1v) is 3.70. The Labute approximate surface area is 64.7 Å². The SMILES string of the molecule is N[C@H]1c2nccn2C[C@@H]1CO. The summed E-state index contributed by atoms with van der Waals surface area (Å²) < 4.78 is 1.99. The molecule has 1 aliphatic heterocycles. The van der Waals surface area contributed by atoms with Gasteiger partial charge in [0, 0.05) is 31.5 Å². The Kier molecular flexibility index (Phi) is 1.44. The third-order valence-electron chi connectivity index (χ3n) is 2.22. The Hall–Kier alpha value is -0.870. The van der Waals surface area contributed by atoms with Gasteiger partial charge in [0.25, 0.3) is 0 Å². The Morgan fingerprint density at radius 3 is 3.27 bits per heavy atom. The van der Waals surface area contributed by atoms with Gasteiger partial charge in [-0.1, -0.05) is 0 Å². The normalized spacial score (nSPS) is 28.9. The molecule has 0 saturated heterocycles. The number of aliphatic hydroxyl groups excluding tert-OH is 1. The number of aliphatic hydroxyl groups is 1. The molecule has 0 saturated carbocycles. The van der Waals surface area contributed by atoms with Crippen LogP contribution in [0.3, 0.4) is 0 Å². The van der Waals surface area contributed by atoms with E-state index in [0.717, 1.165) is 12.4 Å². The highest BCUT2D eigenvalue weighted by molar-refractivity contribution is 5.06. The summed E-state index contributed by atoms with van der Waals surface area (Å²) >= 11 is 0. The quantitative estimate of drug-likeness (QED) is 0.572. The molecule has 11 heavy (non-hydrogen) atoms. The summed E-state index contributed by atoms with van der Waals surface area (Å²) in [6.45, 7) is 0.942. The molecule has 2 rings (SSSR count). The minimum atomic E-state index is -0.0880. The van der Waals surface area contributed by atoms with Crippen LogP contribution >= 0.6 is 0 Å². The van der Waals surface area contributed by atoms with Crippen LogP contribution in [-0.2, 0) is 6.54 Å². The van der Waals surface area contributed by atoms with E-state index >= 15 is 0 Å². The minimum Gasteiger partial charge on any atom is -0.396 e. The van der Waals surface area contributed by atoms with Gasteiger partial charge in [-0.3, -0.25) is 0 Å². The number of imidazole rings is 1. The van der Waals surface area contributed by atoms with Crippen molar-refractivity contribution in [2.75, 3.05) is 6.61 Å². The molecule has 1 aromatic heterocycles. The minimum absolute atomic E-state index is 0.0880. The van der Waals surface area contributed by atoms with Crippen LogP contribution in [0.4, 0.5) is 0 Å². The van der Waals surface area contributed by atoms with Crippen molar-refractivity contribution in [1.29, 1.82) is 0 Å². The predicted octanol–water partition coefficient (Wildman–Crippen LogP) is -0.495. The van der Waals surface area contributed by atoms with E-state index in [9.17, 15) is 0 Å². The lowest BCUT2D eigenvalue weighted by Gasteiger charge is -2.08. The molecule has 0 spiro atoms. The smallest absolute Gasteiger partial charge is 0.126 e. The maximum absolute atomic E-state index is 8.91. The fourth-order valence-corrected chi connectivity index (χ4v) is 1.52. The van der Waals surface area contributed by atoms with Gasteiger partial charge in [0.15, 0.2) is 0 Å². The molecule has 2 heterocycles. The first-order valence-electron chi connectivity index (χ1n) is 3.70. The predicted molar refractivity (Wildman–Crippen MR) is 39.7 cm³/mol. The highest BCUT2D eigenvalue weighted by Gasteiger charge is 2.29. The molecule has 60 valence electrons. The van der Waals surface area contributed by atoms with Gasteiger partial charge >= 0.3 is 0 Å². The van der Waals surface area contributed by atoms with Crippen molar-refractivity contribution in [2.45, 2.75) is 12.6 Å². The van der Waals surface area contributed by atoms with Gasteiger partial charge in [-0.05, 0) is 0 Å². The van der Waals surface area contributed by atoms with Gasteiger partial charge < -0.3 is 15.4 Å². The maximum atomic E-state index is 8.91. The van der Waals surface area contributed by atoms with Crippen molar-refractivity contribution in [2.24, 2.45) is 11.7 Å². The molecule has 4 nitrogen and oxygen atoms in total. The van der Waals surface area contributed by atoms with E-state index in [-0.39, 0.29) is 18.6 Å². The average molecular weight is 153 g/mol. The second kappa shape index (κ2) is 2.32. The first-order chi connectivity index (χ1) is 5.33. The van der Waals surface area contributed by atoms with Crippen molar-refractivity contribution in [3.05, 3.63) is 18.2 Å². The molecule has 4 heteroatoms. The van der Waals surface area contributed by atoms with E-state index in [2.05, 4.69) is 4.98 Å². The standard InChI is InChI=1S/C7H11N3O/c8-6-5(4-11)3-10-2-1-9-7(6)10/h1-2,5-6,11H,3-4,8H2/t5-,6-/m1/s1. The van der Waals surface area contributed by atoms with Crippen molar-refractivity contribution in [1.82, 2.24) is 9.55 Å². The van der Waals surface area contributed by atoms with Crippen LogP contribution < -0.4 is 5.73 Å². The molecule has 2 atom stereocenters. The third kappa shape index (κ3) is 0.868. The van der Waals surface area contributed by atoms with E-state index in [1.165, 1.54) is 0 Å². The molecule has 0 bridgehead atoms. The summed E-state index contributed by atoms with van der Waals surface area (Å²) in [6.07, 6.45) is 3.63. The van der Waals surface area contributed by atoms with Crippen LogP contribution in [0.25, 0.3) is 0 Å². The van der Waals surface area contributed by atoms with E-state index in [4.69, 9.17) is 10.8 Å². The zero-order valence-corrected chi connectivity index (χ0v) is 6.14. The number of nitrogens with zero attached hydrogens (tertiary/aromatic N) is 2. The Morgan fingerprint density at radius 2 is 2.64 bits per heavy atom. The Morgan fingerprint density at radius 1 is 1.82 bits per heavy atom. The van der Waals surface area contributed by atoms with Crippen LogP contribution in [0.15, 0.2) is 12.4 Å². The van der Waals surface area contributed by atoms with Crippen molar-refractivity contribution in [3.63, 3.8) is 0 Å². The van der Waals surface area contributed by atoms with Crippen molar-refractivity contribution in [3.8, 4) is 0 Å². The van der Waals surface area contributed by atoms with Crippen LogP contribution in [0.1, 0.15) is 11.9 Å². The fraction of sp³-hybridized carbons (Fsp3) is 0.571. The van der Waals surface area contributed by atoms with Gasteiger partial charge in [-0.15, -0.1) is 0 Å². The molecule has 0 unspecified atom stereocenters. The Bertz CT molecular complexity index is 258. The molecular formula is C7H11N3O. The Balaban J connectivity index is 2.30. The summed E-state index contributed by atoms with van der Waals surface area (Å²) in [7, 11) is 0. The van der Waals surface area contributed by atoms with Gasteiger partial charge in [-0.2, -0.15) is 0 Å². The lowest BCUT2D eigenvalue weighted by molar-refractivity contribution is 0.207. The number of rotatable bonds is 1. The number of hydrogen-bond donors (Lipinski definition) is 2. The second-order valence-corrected chi connectivity index (χ2v) is 2.91. The fourth-order valence-electron chi connectivity index (χ4n) is 1.52. The average Bonchev–Trinajstić information content (AvgIpc) is 2.53. The van der Waals surface area contributed by atoms with Crippen molar-refractivity contribution < 1.29 is 5.11 Å². The van der Waals surface area contributed by atoms with Crippen LogP contribution in [0.5, 0.6) is 0 Å².